The Balaban J connectivity index is 0. The lowest BCUT2D eigenvalue weighted by Gasteiger charge is -2.36. The summed E-state index contributed by atoms with van der Waals surface area (Å²) in [4.78, 5) is 0. The van der Waals surface area contributed by atoms with E-state index in [1.54, 1.807) is 26.8 Å². The summed E-state index contributed by atoms with van der Waals surface area (Å²) in [7, 11) is 0. The van der Waals surface area contributed by atoms with Crippen molar-refractivity contribution >= 4 is 0 Å². The number of hydrogen-bond donors (Lipinski definition) is 5. The molecule has 0 aromatic heterocycles. The molecule has 5 nitrogen and oxygen atoms in total. The number of nitrogens with two attached hydrogens (primary N) is 1. The van der Waals surface area contributed by atoms with Gasteiger partial charge >= 0.3 is 0 Å². The second-order valence-corrected chi connectivity index (χ2v) is 5.71. The topological polar surface area (TPSA) is 98.7 Å². The molecule has 0 aromatic carbocycles. The van der Waals surface area contributed by atoms with E-state index in [1.807, 2.05) is 6.92 Å². The van der Waals surface area contributed by atoms with Crippen molar-refractivity contribution < 1.29 is 15.3 Å². The molecule has 3 atom stereocenters. The highest BCUT2D eigenvalue weighted by atomic mass is 16.3. The van der Waals surface area contributed by atoms with Crippen LogP contribution in [-0.4, -0.2) is 40.2 Å². The summed E-state index contributed by atoms with van der Waals surface area (Å²) in [6.07, 6.45) is 3.32. The van der Waals surface area contributed by atoms with E-state index >= 15 is 0 Å². The van der Waals surface area contributed by atoms with Gasteiger partial charge in [-0.25, -0.2) is 0 Å². The Morgan fingerprint density at radius 2 is 1.40 bits per heavy atom. The molecule has 3 unspecified atom stereocenters. The van der Waals surface area contributed by atoms with Crippen LogP contribution in [0.3, 0.4) is 0 Å². The lowest BCUT2D eigenvalue weighted by molar-refractivity contribution is 0.0199. The molecule has 0 heterocycles. The van der Waals surface area contributed by atoms with Crippen LogP contribution < -0.4 is 11.3 Å². The van der Waals surface area contributed by atoms with Crippen molar-refractivity contribution in [2.45, 2.75) is 71.7 Å². The zero-order chi connectivity index (χ0) is 16.2. The van der Waals surface area contributed by atoms with Crippen molar-refractivity contribution in [3.05, 3.63) is 12.7 Å². The van der Waals surface area contributed by atoms with E-state index in [9.17, 15) is 15.3 Å². The van der Waals surface area contributed by atoms with E-state index in [-0.39, 0.29) is 23.7 Å². The molecule has 0 radical (unpaired) electrons. The highest BCUT2D eigenvalue weighted by Gasteiger charge is 2.32. The van der Waals surface area contributed by atoms with Gasteiger partial charge in [-0.2, -0.15) is 0 Å². The van der Waals surface area contributed by atoms with E-state index in [0.29, 0.717) is 25.8 Å². The van der Waals surface area contributed by atoms with Gasteiger partial charge in [0.2, 0.25) is 0 Å². The SMILES string of the molecule is C=CCNN.CCC(CC(C)O)(CC(C)O)CC(C)O. The molecule has 122 valence electrons. The first-order chi connectivity index (χ1) is 9.22. The third-order valence-electron chi connectivity index (χ3n) is 3.20. The molecule has 0 spiro atoms. The van der Waals surface area contributed by atoms with Gasteiger partial charge in [-0.1, -0.05) is 19.4 Å². The quantitative estimate of drug-likeness (QED) is 0.251. The number of hydrazine groups is 1. The van der Waals surface area contributed by atoms with Crippen LogP contribution in [0.25, 0.3) is 0 Å². The van der Waals surface area contributed by atoms with E-state index in [4.69, 9.17) is 5.84 Å². The van der Waals surface area contributed by atoms with Crippen LogP contribution in [0.15, 0.2) is 12.7 Å². The van der Waals surface area contributed by atoms with Crippen LogP contribution in [-0.2, 0) is 0 Å². The van der Waals surface area contributed by atoms with E-state index in [0.717, 1.165) is 6.42 Å². The van der Waals surface area contributed by atoms with Gasteiger partial charge in [0.05, 0.1) is 18.3 Å². The van der Waals surface area contributed by atoms with E-state index < -0.39 is 0 Å². The van der Waals surface area contributed by atoms with Gasteiger partial charge in [0.25, 0.3) is 0 Å². The lowest BCUT2D eigenvalue weighted by Crippen LogP contribution is -2.32. The number of nitrogens with one attached hydrogen (secondary N) is 1. The maximum Gasteiger partial charge on any atom is 0.0517 e. The summed E-state index contributed by atoms with van der Waals surface area (Å²) in [6.45, 7) is 11.4. The molecule has 0 aliphatic heterocycles. The fourth-order valence-electron chi connectivity index (χ4n) is 2.65. The number of rotatable bonds is 9. The van der Waals surface area contributed by atoms with Gasteiger partial charge < -0.3 is 15.3 Å². The Bertz CT molecular complexity index is 205. The monoisotopic (exact) mass is 290 g/mol. The van der Waals surface area contributed by atoms with Crippen molar-refractivity contribution in [3.63, 3.8) is 0 Å². The lowest BCUT2D eigenvalue weighted by atomic mass is 9.72. The van der Waals surface area contributed by atoms with Crippen LogP contribution in [0.5, 0.6) is 0 Å². The summed E-state index contributed by atoms with van der Waals surface area (Å²) in [5.74, 6) is 4.82. The molecule has 0 rings (SSSR count). The fraction of sp³-hybridized carbons (Fsp3) is 0.867. The molecular weight excluding hydrogens is 256 g/mol. The summed E-state index contributed by atoms with van der Waals surface area (Å²) in [5.41, 5.74) is 2.26. The van der Waals surface area contributed by atoms with Crippen LogP contribution in [0.1, 0.15) is 53.4 Å². The summed E-state index contributed by atoms with van der Waals surface area (Å²) in [5, 5.41) is 28.4. The van der Waals surface area contributed by atoms with Gasteiger partial charge in [0.1, 0.15) is 0 Å². The molecule has 0 aliphatic carbocycles. The van der Waals surface area contributed by atoms with Gasteiger partial charge in [0, 0.05) is 6.54 Å². The number of hydrogen-bond acceptors (Lipinski definition) is 5. The van der Waals surface area contributed by atoms with Crippen molar-refractivity contribution in [3.8, 4) is 0 Å². The molecule has 0 amide bonds. The van der Waals surface area contributed by atoms with Crippen LogP contribution in [0.2, 0.25) is 0 Å². The molecule has 5 heteroatoms. The van der Waals surface area contributed by atoms with Crippen molar-refractivity contribution in [1.82, 2.24) is 5.43 Å². The molecule has 6 N–H and O–H groups in total. The largest absolute Gasteiger partial charge is 0.393 e. The smallest absolute Gasteiger partial charge is 0.0517 e. The number of aliphatic hydroxyl groups excluding tert-OH is 3. The maximum absolute atomic E-state index is 9.48. The highest BCUT2D eigenvalue weighted by molar-refractivity contribution is 4.83. The normalized spacial score (nSPS) is 18.2. The van der Waals surface area contributed by atoms with Gasteiger partial charge in [-0.05, 0) is 45.4 Å². The van der Waals surface area contributed by atoms with Gasteiger partial charge in [0.15, 0.2) is 0 Å². The first-order valence-electron chi connectivity index (χ1n) is 7.31. The van der Waals surface area contributed by atoms with Crippen LogP contribution in [0, 0.1) is 5.41 Å². The fourth-order valence-corrected chi connectivity index (χ4v) is 2.65. The Labute approximate surface area is 123 Å². The van der Waals surface area contributed by atoms with Gasteiger partial charge in [-0.3, -0.25) is 11.3 Å². The Morgan fingerprint density at radius 3 is 1.50 bits per heavy atom. The van der Waals surface area contributed by atoms with Crippen LogP contribution in [0.4, 0.5) is 0 Å². The van der Waals surface area contributed by atoms with Gasteiger partial charge in [-0.15, -0.1) is 6.58 Å². The third kappa shape index (κ3) is 12.6. The molecule has 0 aromatic rings. The minimum atomic E-state index is -0.387. The summed E-state index contributed by atoms with van der Waals surface area (Å²) < 4.78 is 0. The maximum atomic E-state index is 9.48. The average Bonchev–Trinajstić information content (AvgIpc) is 2.27. The summed E-state index contributed by atoms with van der Waals surface area (Å²) in [6, 6.07) is 0. The molecule has 0 saturated heterocycles. The molecule has 0 saturated carbocycles. The molecule has 20 heavy (non-hydrogen) atoms. The highest BCUT2D eigenvalue weighted by Crippen LogP contribution is 2.38. The zero-order valence-electron chi connectivity index (χ0n) is 13.5. The summed E-state index contributed by atoms with van der Waals surface area (Å²) >= 11 is 0. The van der Waals surface area contributed by atoms with Crippen molar-refractivity contribution in [2.24, 2.45) is 11.3 Å². The minimum Gasteiger partial charge on any atom is -0.393 e. The first kappa shape index (κ1) is 21.8. The second-order valence-electron chi connectivity index (χ2n) is 5.71. The molecular formula is C15H34N2O3. The third-order valence-corrected chi connectivity index (χ3v) is 3.20. The van der Waals surface area contributed by atoms with Crippen molar-refractivity contribution in [1.29, 1.82) is 0 Å². The predicted molar refractivity (Wildman–Crippen MR) is 84.0 cm³/mol. The second kappa shape index (κ2) is 12.3. The average molecular weight is 290 g/mol. The Hall–Kier alpha value is -0.460. The zero-order valence-corrected chi connectivity index (χ0v) is 13.5. The Kier molecular flexibility index (Phi) is 13.4. The van der Waals surface area contributed by atoms with E-state index in [2.05, 4.69) is 12.0 Å². The van der Waals surface area contributed by atoms with E-state index in [1.165, 1.54) is 0 Å². The molecule has 0 aliphatic rings. The number of aliphatic hydroxyl groups is 3. The molecule has 0 bridgehead atoms. The predicted octanol–water partition coefficient (Wildman–Crippen LogP) is 1.33. The van der Waals surface area contributed by atoms with Crippen molar-refractivity contribution in [2.75, 3.05) is 6.54 Å². The molecule has 0 fully saturated rings. The Morgan fingerprint density at radius 1 is 1.05 bits per heavy atom. The van der Waals surface area contributed by atoms with Crippen LogP contribution >= 0.6 is 0 Å². The standard InChI is InChI=1S/C12H26O3.C3H8N2/c1-5-12(6-9(2)13,7-10(3)14)8-11(4)15;1-2-3-5-4/h9-11,13-15H,5-8H2,1-4H3;2,5H,1,3-4H2. The first-order valence-corrected chi connectivity index (χ1v) is 7.31. The minimum absolute atomic E-state index is 0.142.